The zero-order valence-electron chi connectivity index (χ0n) is 18.9. The van der Waals surface area contributed by atoms with Crippen LogP contribution >= 0.6 is 11.6 Å². The van der Waals surface area contributed by atoms with Crippen molar-refractivity contribution in [3.05, 3.63) is 94.2 Å². The zero-order chi connectivity index (χ0) is 24.0. The number of ether oxygens (including phenoxy) is 1. The molecule has 34 heavy (non-hydrogen) atoms. The summed E-state index contributed by atoms with van der Waals surface area (Å²) < 4.78 is 7.61. The second kappa shape index (κ2) is 8.19. The van der Waals surface area contributed by atoms with E-state index in [-0.39, 0.29) is 22.7 Å². The third-order valence-corrected chi connectivity index (χ3v) is 6.52. The highest BCUT2D eigenvalue weighted by Crippen LogP contribution is 2.49. The Kier molecular flexibility index (Phi) is 5.30. The molecule has 5 rings (SSSR count). The average molecular weight is 471 g/mol. The Hall–Kier alpha value is -3.82. The maximum absolute atomic E-state index is 13.4. The molecule has 1 aliphatic carbocycles. The number of para-hydroxylation sites is 1. The van der Waals surface area contributed by atoms with Gasteiger partial charge in [-0.3, -0.25) is 4.79 Å². The minimum atomic E-state index is -0.666. The Balaban J connectivity index is 1.76. The van der Waals surface area contributed by atoms with Gasteiger partial charge in [0.25, 0.3) is 0 Å². The molecule has 3 aromatic rings. The molecule has 0 amide bonds. The molecule has 2 N–H and O–H groups in total. The number of carbonyl (C=O) groups excluding carboxylic acids is 1. The number of Topliss-reactive ketones (excluding diaryl/α,β-unsaturated/α-hetero) is 1. The first-order valence-electron chi connectivity index (χ1n) is 11.0. The highest BCUT2D eigenvalue weighted by molar-refractivity contribution is 6.30. The number of halogens is 1. The van der Waals surface area contributed by atoms with Crippen molar-refractivity contribution in [1.29, 1.82) is 5.26 Å². The molecule has 0 bridgehead atoms. The number of nitriles is 1. The van der Waals surface area contributed by atoms with Crippen molar-refractivity contribution < 1.29 is 9.53 Å². The van der Waals surface area contributed by atoms with Gasteiger partial charge in [-0.25, -0.2) is 4.68 Å². The summed E-state index contributed by atoms with van der Waals surface area (Å²) in [6, 6.07) is 19.2. The van der Waals surface area contributed by atoms with Crippen molar-refractivity contribution in [3.63, 3.8) is 0 Å². The summed E-state index contributed by atoms with van der Waals surface area (Å²) in [5.41, 5.74) is 9.74. The van der Waals surface area contributed by atoms with Gasteiger partial charge in [0.15, 0.2) is 5.78 Å². The molecule has 2 aromatic carbocycles. The van der Waals surface area contributed by atoms with E-state index < -0.39 is 5.92 Å². The van der Waals surface area contributed by atoms with Crippen LogP contribution in [0.25, 0.3) is 16.9 Å². The average Bonchev–Trinajstić information content (AvgIpc) is 3.23. The standard InChI is InChI=1S/C27H23ClN4O2/c1-27(2)12-21(33)24-22(13-27)34-26(30)19(14-29)23(24)20-15-32(18-6-4-3-5-7-18)31-25(20)16-8-10-17(28)11-9-16/h3-11,15,23H,12-13,30H2,1-2H3. The van der Waals surface area contributed by atoms with Crippen LogP contribution in [0.5, 0.6) is 0 Å². The number of rotatable bonds is 3. The summed E-state index contributed by atoms with van der Waals surface area (Å²) in [4.78, 5) is 13.4. The van der Waals surface area contributed by atoms with Gasteiger partial charge < -0.3 is 10.5 Å². The van der Waals surface area contributed by atoms with Crippen molar-refractivity contribution in [3.8, 4) is 23.0 Å². The lowest BCUT2D eigenvalue weighted by atomic mass is 9.70. The highest BCUT2D eigenvalue weighted by atomic mass is 35.5. The summed E-state index contributed by atoms with van der Waals surface area (Å²) in [5.74, 6) is -0.130. The number of aromatic nitrogens is 2. The molecule has 0 saturated carbocycles. The van der Waals surface area contributed by atoms with E-state index in [9.17, 15) is 10.1 Å². The van der Waals surface area contributed by atoms with Crippen molar-refractivity contribution in [2.75, 3.05) is 0 Å². The molecule has 0 saturated heterocycles. The monoisotopic (exact) mass is 470 g/mol. The van der Waals surface area contributed by atoms with Gasteiger partial charge in [0.2, 0.25) is 5.88 Å². The first-order valence-corrected chi connectivity index (χ1v) is 11.4. The van der Waals surface area contributed by atoms with E-state index in [4.69, 9.17) is 27.2 Å². The molecule has 2 heterocycles. The topological polar surface area (TPSA) is 93.9 Å². The molecule has 0 spiro atoms. The van der Waals surface area contributed by atoms with Gasteiger partial charge in [-0.2, -0.15) is 10.4 Å². The number of benzene rings is 2. The lowest BCUT2D eigenvalue weighted by Gasteiger charge is -2.37. The lowest BCUT2D eigenvalue weighted by molar-refractivity contribution is -0.119. The third kappa shape index (κ3) is 3.78. The van der Waals surface area contributed by atoms with E-state index in [2.05, 4.69) is 6.07 Å². The largest absolute Gasteiger partial charge is 0.444 e. The fourth-order valence-corrected chi connectivity index (χ4v) is 4.87. The second-order valence-electron chi connectivity index (χ2n) is 9.42. The maximum atomic E-state index is 13.4. The van der Waals surface area contributed by atoms with Gasteiger partial charge in [0.05, 0.1) is 17.3 Å². The third-order valence-electron chi connectivity index (χ3n) is 6.27. The number of nitrogens with two attached hydrogens (primary N) is 1. The van der Waals surface area contributed by atoms with E-state index >= 15 is 0 Å². The molecule has 1 aliphatic heterocycles. The van der Waals surface area contributed by atoms with E-state index in [0.29, 0.717) is 34.9 Å². The molecule has 1 aromatic heterocycles. The number of hydrogen-bond donors (Lipinski definition) is 1. The van der Waals surface area contributed by atoms with Gasteiger partial charge in [-0.15, -0.1) is 0 Å². The lowest BCUT2D eigenvalue weighted by Crippen LogP contribution is -2.33. The Morgan fingerprint density at radius 1 is 1.15 bits per heavy atom. The first-order chi connectivity index (χ1) is 16.3. The predicted molar refractivity (Wildman–Crippen MR) is 130 cm³/mol. The van der Waals surface area contributed by atoms with E-state index in [1.54, 1.807) is 16.8 Å². The smallest absolute Gasteiger partial charge is 0.205 e. The minimum absolute atomic E-state index is 0.0336. The van der Waals surface area contributed by atoms with Crippen molar-refractivity contribution in [1.82, 2.24) is 9.78 Å². The Morgan fingerprint density at radius 2 is 1.85 bits per heavy atom. The second-order valence-corrected chi connectivity index (χ2v) is 9.86. The van der Waals surface area contributed by atoms with Crippen LogP contribution in [-0.2, 0) is 9.53 Å². The molecule has 2 aliphatic rings. The molecule has 1 atom stereocenters. The van der Waals surface area contributed by atoms with Crippen LogP contribution in [-0.4, -0.2) is 15.6 Å². The number of hydrogen-bond acceptors (Lipinski definition) is 5. The van der Waals surface area contributed by atoms with Gasteiger partial charge in [-0.1, -0.05) is 55.8 Å². The summed E-state index contributed by atoms with van der Waals surface area (Å²) in [6.07, 6.45) is 2.80. The summed E-state index contributed by atoms with van der Waals surface area (Å²) in [5, 5.41) is 15.5. The highest BCUT2D eigenvalue weighted by Gasteiger charge is 2.44. The predicted octanol–water partition coefficient (Wildman–Crippen LogP) is 5.64. The molecule has 1 unspecified atom stereocenters. The number of nitrogens with zero attached hydrogens (tertiary/aromatic N) is 3. The normalized spacial score (nSPS) is 19.5. The Morgan fingerprint density at radius 3 is 2.53 bits per heavy atom. The summed E-state index contributed by atoms with van der Waals surface area (Å²) in [6.45, 7) is 4.05. The van der Waals surface area contributed by atoms with Crippen LogP contribution in [0.15, 0.2) is 83.6 Å². The van der Waals surface area contributed by atoms with Crippen LogP contribution in [0.4, 0.5) is 0 Å². The van der Waals surface area contributed by atoms with Crippen LogP contribution in [0.1, 0.15) is 38.2 Å². The Bertz CT molecular complexity index is 1390. The number of carbonyl (C=O) groups is 1. The molecule has 7 heteroatoms. The molecular weight excluding hydrogens is 448 g/mol. The van der Waals surface area contributed by atoms with Crippen LogP contribution in [0.2, 0.25) is 5.02 Å². The summed E-state index contributed by atoms with van der Waals surface area (Å²) >= 11 is 6.13. The van der Waals surface area contributed by atoms with E-state index in [1.165, 1.54) is 0 Å². The maximum Gasteiger partial charge on any atom is 0.205 e. The number of ketones is 1. The van der Waals surface area contributed by atoms with Crippen molar-refractivity contribution >= 4 is 17.4 Å². The van der Waals surface area contributed by atoms with Gasteiger partial charge in [0, 0.05) is 40.8 Å². The molecular formula is C27H23ClN4O2. The molecule has 6 nitrogen and oxygen atoms in total. The Labute approximate surface area is 202 Å². The van der Waals surface area contributed by atoms with Gasteiger partial charge >= 0.3 is 0 Å². The van der Waals surface area contributed by atoms with Crippen molar-refractivity contribution in [2.24, 2.45) is 11.1 Å². The zero-order valence-corrected chi connectivity index (χ0v) is 19.6. The fourth-order valence-electron chi connectivity index (χ4n) is 4.74. The van der Waals surface area contributed by atoms with E-state index in [1.807, 2.05) is 62.5 Å². The van der Waals surface area contributed by atoms with Crippen LogP contribution in [0, 0.1) is 16.7 Å². The minimum Gasteiger partial charge on any atom is -0.444 e. The van der Waals surface area contributed by atoms with Crippen molar-refractivity contribution in [2.45, 2.75) is 32.6 Å². The van der Waals surface area contributed by atoms with Gasteiger partial charge in [0.1, 0.15) is 17.4 Å². The van der Waals surface area contributed by atoms with Gasteiger partial charge in [-0.05, 0) is 29.7 Å². The van der Waals surface area contributed by atoms with Crippen LogP contribution < -0.4 is 5.73 Å². The molecule has 0 fully saturated rings. The number of allylic oxidation sites excluding steroid dienone is 3. The SMILES string of the molecule is CC1(C)CC(=O)C2=C(C1)OC(N)=C(C#N)C2c1cn(-c2ccccc2)nc1-c1ccc(Cl)cc1. The molecule has 170 valence electrons. The fraction of sp³-hybridized carbons (Fsp3) is 0.222. The summed E-state index contributed by atoms with van der Waals surface area (Å²) in [7, 11) is 0. The quantitative estimate of drug-likeness (QED) is 0.534. The first kappa shape index (κ1) is 22.0. The molecule has 0 radical (unpaired) electrons. The van der Waals surface area contributed by atoms with Crippen LogP contribution in [0.3, 0.4) is 0 Å². The van der Waals surface area contributed by atoms with E-state index in [0.717, 1.165) is 16.8 Å².